The highest BCUT2D eigenvalue weighted by Crippen LogP contribution is 2.45. The van der Waals surface area contributed by atoms with Gasteiger partial charge in [0.15, 0.2) is 13.6 Å². The van der Waals surface area contributed by atoms with Crippen molar-refractivity contribution in [1.82, 2.24) is 0 Å². The van der Waals surface area contributed by atoms with Crippen molar-refractivity contribution in [1.29, 1.82) is 0 Å². The van der Waals surface area contributed by atoms with Crippen LogP contribution >= 0.6 is 0 Å². The molecule has 4 heteroatoms. The summed E-state index contributed by atoms with van der Waals surface area (Å²) >= 11 is 0. The van der Waals surface area contributed by atoms with Gasteiger partial charge in [0.2, 0.25) is 0 Å². The monoisotopic (exact) mass is 388 g/mol. The lowest BCUT2D eigenvalue weighted by atomic mass is 9.91. The highest BCUT2D eigenvalue weighted by atomic mass is 16.7. The van der Waals surface area contributed by atoms with Crippen molar-refractivity contribution in [2.75, 3.05) is 20.7 Å². The van der Waals surface area contributed by atoms with Crippen molar-refractivity contribution in [2.45, 2.75) is 13.8 Å². The summed E-state index contributed by atoms with van der Waals surface area (Å²) in [4.78, 5) is 0. The Labute approximate surface area is 170 Å². The van der Waals surface area contributed by atoms with E-state index in [9.17, 15) is 5.11 Å². The molecule has 4 aromatic rings. The molecule has 0 radical (unpaired) electrons. The third-order valence-electron chi connectivity index (χ3n) is 5.08. The number of ether oxygens (including phenoxy) is 3. The van der Waals surface area contributed by atoms with Crippen molar-refractivity contribution in [3.63, 3.8) is 0 Å². The number of rotatable bonds is 6. The predicted octanol–water partition coefficient (Wildman–Crippen LogP) is 5.59. The minimum absolute atomic E-state index is 0.143. The van der Waals surface area contributed by atoms with Crippen molar-refractivity contribution in [3.05, 3.63) is 71.8 Å². The number of methoxy groups -OCH3 is 1. The molecule has 0 unspecified atom stereocenters. The first-order valence-corrected chi connectivity index (χ1v) is 9.55. The maximum Gasteiger partial charge on any atom is 0.188 e. The number of aliphatic hydroxyl groups excluding tert-OH is 1. The minimum atomic E-state index is -0.400. The Morgan fingerprint density at radius 3 is 1.69 bits per heavy atom. The summed E-state index contributed by atoms with van der Waals surface area (Å²) in [6, 6.07) is 20.6. The smallest absolute Gasteiger partial charge is 0.188 e. The fourth-order valence-corrected chi connectivity index (χ4v) is 3.81. The molecular weight excluding hydrogens is 364 g/mol. The first kappa shape index (κ1) is 19.2. The predicted molar refractivity (Wildman–Crippen MR) is 117 cm³/mol. The van der Waals surface area contributed by atoms with Gasteiger partial charge in [0, 0.05) is 18.2 Å². The van der Waals surface area contributed by atoms with Gasteiger partial charge in [0.05, 0.1) is 0 Å². The van der Waals surface area contributed by atoms with E-state index in [-0.39, 0.29) is 6.79 Å². The second-order valence-corrected chi connectivity index (χ2v) is 7.15. The van der Waals surface area contributed by atoms with Gasteiger partial charge in [-0.1, -0.05) is 59.7 Å². The molecule has 0 amide bonds. The fourth-order valence-electron chi connectivity index (χ4n) is 3.81. The average molecular weight is 388 g/mol. The van der Waals surface area contributed by atoms with Crippen LogP contribution in [0.2, 0.25) is 0 Å². The van der Waals surface area contributed by atoms with E-state index in [4.69, 9.17) is 14.2 Å². The summed E-state index contributed by atoms with van der Waals surface area (Å²) in [6.07, 6.45) is 0. The maximum absolute atomic E-state index is 9.49. The van der Waals surface area contributed by atoms with Crippen LogP contribution in [0.1, 0.15) is 11.1 Å². The number of hydrogen-bond acceptors (Lipinski definition) is 4. The van der Waals surface area contributed by atoms with Crippen LogP contribution in [0.25, 0.3) is 32.7 Å². The number of fused-ring (bicyclic) bond motifs is 2. The van der Waals surface area contributed by atoms with E-state index in [0.717, 1.165) is 32.7 Å². The number of aryl methyl sites for hydroxylation is 2. The average Bonchev–Trinajstić information content (AvgIpc) is 2.72. The van der Waals surface area contributed by atoms with Crippen LogP contribution in [0.5, 0.6) is 11.5 Å². The molecule has 0 bridgehead atoms. The van der Waals surface area contributed by atoms with Gasteiger partial charge < -0.3 is 19.3 Å². The number of hydrogen-bond donors (Lipinski definition) is 1. The third-order valence-corrected chi connectivity index (χ3v) is 5.08. The van der Waals surface area contributed by atoms with E-state index in [1.165, 1.54) is 11.1 Å². The quantitative estimate of drug-likeness (QED) is 0.438. The van der Waals surface area contributed by atoms with E-state index in [0.29, 0.717) is 11.5 Å². The van der Waals surface area contributed by atoms with Gasteiger partial charge in [-0.3, -0.25) is 0 Å². The molecule has 148 valence electrons. The van der Waals surface area contributed by atoms with Gasteiger partial charge in [-0.05, 0) is 47.5 Å². The van der Waals surface area contributed by atoms with E-state index < -0.39 is 6.79 Å². The van der Waals surface area contributed by atoms with E-state index in [1.54, 1.807) is 7.11 Å². The summed E-state index contributed by atoms with van der Waals surface area (Å²) in [7, 11) is 1.60. The summed E-state index contributed by atoms with van der Waals surface area (Å²) in [6.45, 7) is 3.90. The van der Waals surface area contributed by atoms with Crippen molar-refractivity contribution < 1.29 is 19.3 Å². The Morgan fingerprint density at radius 1 is 0.690 bits per heavy atom. The van der Waals surface area contributed by atoms with Gasteiger partial charge in [-0.2, -0.15) is 0 Å². The topological polar surface area (TPSA) is 47.9 Å². The molecule has 0 fully saturated rings. The molecular formula is C25H24O4. The van der Waals surface area contributed by atoms with Crippen molar-refractivity contribution >= 4 is 21.5 Å². The fraction of sp³-hybridized carbons (Fsp3) is 0.200. The number of benzene rings is 4. The first-order valence-electron chi connectivity index (χ1n) is 9.55. The second-order valence-electron chi connectivity index (χ2n) is 7.15. The molecule has 0 aliphatic heterocycles. The summed E-state index contributed by atoms with van der Waals surface area (Å²) < 4.78 is 16.7. The van der Waals surface area contributed by atoms with E-state index in [2.05, 4.69) is 56.3 Å². The van der Waals surface area contributed by atoms with Crippen molar-refractivity contribution in [3.8, 4) is 22.6 Å². The second kappa shape index (κ2) is 8.11. The molecule has 0 spiro atoms. The van der Waals surface area contributed by atoms with E-state index in [1.807, 2.05) is 18.2 Å². The van der Waals surface area contributed by atoms with Gasteiger partial charge in [-0.15, -0.1) is 0 Å². The Hall–Kier alpha value is -3.08. The molecule has 4 nitrogen and oxygen atoms in total. The molecule has 4 aromatic carbocycles. The van der Waals surface area contributed by atoms with Gasteiger partial charge in [-0.25, -0.2) is 0 Å². The van der Waals surface area contributed by atoms with Crippen LogP contribution in [0.4, 0.5) is 0 Å². The van der Waals surface area contributed by atoms with Crippen LogP contribution in [0.15, 0.2) is 60.7 Å². The third kappa shape index (κ3) is 3.65. The Kier molecular flexibility index (Phi) is 5.38. The molecule has 4 rings (SSSR count). The van der Waals surface area contributed by atoms with Gasteiger partial charge in [0.1, 0.15) is 11.5 Å². The zero-order chi connectivity index (χ0) is 20.4. The summed E-state index contributed by atoms with van der Waals surface area (Å²) in [5, 5.41) is 13.8. The molecule has 0 saturated heterocycles. The normalized spacial score (nSPS) is 11.2. The number of aliphatic hydroxyl groups is 1. The molecule has 0 aliphatic rings. The van der Waals surface area contributed by atoms with Crippen LogP contribution < -0.4 is 9.47 Å². The summed E-state index contributed by atoms with van der Waals surface area (Å²) in [5.74, 6) is 1.32. The SMILES string of the molecule is COCOc1ccc2cc(C)ccc2c1-c1c(OCO)ccc2cc(C)ccc12. The molecule has 0 aromatic heterocycles. The zero-order valence-electron chi connectivity index (χ0n) is 16.9. The Balaban J connectivity index is 2.11. The molecule has 0 saturated carbocycles. The zero-order valence-corrected chi connectivity index (χ0v) is 16.9. The largest absolute Gasteiger partial charge is 0.467 e. The van der Waals surface area contributed by atoms with Gasteiger partial charge in [0.25, 0.3) is 0 Å². The van der Waals surface area contributed by atoms with E-state index >= 15 is 0 Å². The lowest BCUT2D eigenvalue weighted by molar-refractivity contribution is 0.0516. The summed E-state index contributed by atoms with van der Waals surface area (Å²) in [5.41, 5.74) is 4.20. The Morgan fingerprint density at radius 2 is 1.21 bits per heavy atom. The molecule has 0 heterocycles. The molecule has 29 heavy (non-hydrogen) atoms. The standard InChI is InChI=1S/C25H24O4/c1-16-4-8-20-18(12-16)6-10-22(28-14-26)24(20)25-21-9-5-17(2)13-19(21)7-11-23(25)29-15-27-3/h4-13,26H,14-15H2,1-3H3. The first-order chi connectivity index (χ1) is 14.1. The molecule has 0 atom stereocenters. The molecule has 0 aliphatic carbocycles. The highest BCUT2D eigenvalue weighted by molar-refractivity contribution is 6.10. The molecule has 1 N–H and O–H groups in total. The Bertz CT molecular complexity index is 1180. The van der Waals surface area contributed by atoms with Crippen LogP contribution in [0.3, 0.4) is 0 Å². The van der Waals surface area contributed by atoms with Crippen LogP contribution in [-0.2, 0) is 4.74 Å². The van der Waals surface area contributed by atoms with Crippen molar-refractivity contribution in [2.24, 2.45) is 0 Å². The van der Waals surface area contributed by atoms with Crippen LogP contribution in [0, 0.1) is 13.8 Å². The van der Waals surface area contributed by atoms with Crippen LogP contribution in [-0.4, -0.2) is 25.8 Å². The highest BCUT2D eigenvalue weighted by Gasteiger charge is 2.19. The minimum Gasteiger partial charge on any atom is -0.467 e. The maximum atomic E-state index is 9.49. The van der Waals surface area contributed by atoms with Gasteiger partial charge >= 0.3 is 0 Å². The lowest BCUT2D eigenvalue weighted by Crippen LogP contribution is -2.03. The lowest BCUT2D eigenvalue weighted by Gasteiger charge is -2.19.